The second-order valence-corrected chi connectivity index (χ2v) is 6.14. The van der Waals surface area contributed by atoms with Crippen molar-refractivity contribution in [2.45, 2.75) is 52.2 Å². The van der Waals surface area contributed by atoms with E-state index in [9.17, 15) is 4.79 Å². The van der Waals surface area contributed by atoms with Crippen molar-refractivity contribution in [1.29, 1.82) is 0 Å². The number of ether oxygens (including phenoxy) is 1. The molecule has 2 atom stereocenters. The third kappa shape index (κ3) is 6.06. The van der Waals surface area contributed by atoms with Gasteiger partial charge in [0.15, 0.2) is 6.10 Å². The summed E-state index contributed by atoms with van der Waals surface area (Å²) in [6, 6.07) is 5.49. The molecular weight excluding hydrogens is 332 g/mol. The highest BCUT2D eigenvalue weighted by molar-refractivity contribution is 9.10. The number of carbonyl (C=O) groups excluding carboxylic acids is 1. The molecule has 118 valence electrons. The Balaban J connectivity index is 2.61. The average Bonchev–Trinajstić information content (AvgIpc) is 2.44. The van der Waals surface area contributed by atoms with Crippen molar-refractivity contribution in [3.8, 4) is 5.75 Å². The SMILES string of the molecule is CCCCCNC(=O)C(C)Oc1ccc(Br)cc1C(C)N. The Morgan fingerprint density at radius 3 is 2.71 bits per heavy atom. The van der Waals surface area contributed by atoms with Crippen LogP contribution in [0.2, 0.25) is 0 Å². The van der Waals surface area contributed by atoms with Crippen molar-refractivity contribution in [1.82, 2.24) is 5.32 Å². The van der Waals surface area contributed by atoms with E-state index >= 15 is 0 Å². The number of hydrogen-bond acceptors (Lipinski definition) is 3. The summed E-state index contributed by atoms with van der Waals surface area (Å²) in [4.78, 5) is 12.0. The van der Waals surface area contributed by atoms with Gasteiger partial charge in [-0.1, -0.05) is 35.7 Å². The number of nitrogens with one attached hydrogen (secondary N) is 1. The lowest BCUT2D eigenvalue weighted by Crippen LogP contribution is -2.37. The highest BCUT2D eigenvalue weighted by Crippen LogP contribution is 2.28. The first kappa shape index (κ1) is 18.0. The summed E-state index contributed by atoms with van der Waals surface area (Å²) < 4.78 is 6.71. The minimum atomic E-state index is -0.537. The number of halogens is 1. The molecule has 0 aliphatic rings. The van der Waals surface area contributed by atoms with Crippen LogP contribution < -0.4 is 15.8 Å². The van der Waals surface area contributed by atoms with E-state index in [1.54, 1.807) is 6.92 Å². The molecule has 1 aromatic carbocycles. The lowest BCUT2D eigenvalue weighted by molar-refractivity contribution is -0.127. The van der Waals surface area contributed by atoms with Crippen LogP contribution in [0.3, 0.4) is 0 Å². The van der Waals surface area contributed by atoms with E-state index in [-0.39, 0.29) is 11.9 Å². The van der Waals surface area contributed by atoms with Crippen molar-refractivity contribution >= 4 is 21.8 Å². The Hall–Kier alpha value is -1.07. The van der Waals surface area contributed by atoms with Gasteiger partial charge in [-0.05, 0) is 38.5 Å². The van der Waals surface area contributed by atoms with E-state index in [0.717, 1.165) is 29.3 Å². The molecule has 3 N–H and O–H groups in total. The third-order valence-corrected chi connectivity index (χ3v) is 3.71. The Bertz CT molecular complexity index is 464. The molecule has 0 aliphatic heterocycles. The highest BCUT2D eigenvalue weighted by atomic mass is 79.9. The molecule has 0 spiro atoms. The quantitative estimate of drug-likeness (QED) is 0.700. The Kier molecular flexibility index (Phi) is 7.75. The van der Waals surface area contributed by atoms with E-state index in [2.05, 4.69) is 28.2 Å². The van der Waals surface area contributed by atoms with Gasteiger partial charge < -0.3 is 15.8 Å². The first-order chi connectivity index (χ1) is 9.95. The van der Waals surface area contributed by atoms with Crippen LogP contribution in [0.15, 0.2) is 22.7 Å². The van der Waals surface area contributed by atoms with Crippen LogP contribution in [0.25, 0.3) is 0 Å². The van der Waals surface area contributed by atoms with E-state index in [1.807, 2.05) is 25.1 Å². The smallest absolute Gasteiger partial charge is 0.260 e. The van der Waals surface area contributed by atoms with Crippen molar-refractivity contribution in [3.63, 3.8) is 0 Å². The van der Waals surface area contributed by atoms with E-state index in [1.165, 1.54) is 0 Å². The van der Waals surface area contributed by atoms with Gasteiger partial charge in [-0.15, -0.1) is 0 Å². The van der Waals surface area contributed by atoms with Crippen molar-refractivity contribution in [3.05, 3.63) is 28.2 Å². The van der Waals surface area contributed by atoms with Crippen LogP contribution in [0, 0.1) is 0 Å². The zero-order chi connectivity index (χ0) is 15.8. The number of carbonyl (C=O) groups is 1. The van der Waals surface area contributed by atoms with Crippen molar-refractivity contribution in [2.75, 3.05) is 6.54 Å². The third-order valence-electron chi connectivity index (χ3n) is 3.21. The van der Waals surface area contributed by atoms with Gasteiger partial charge in [0.1, 0.15) is 5.75 Å². The normalized spacial score (nSPS) is 13.6. The maximum atomic E-state index is 12.0. The molecule has 1 amide bonds. The molecule has 0 heterocycles. The van der Waals surface area contributed by atoms with Crippen molar-refractivity contribution in [2.24, 2.45) is 5.73 Å². The Morgan fingerprint density at radius 2 is 2.10 bits per heavy atom. The summed E-state index contributed by atoms with van der Waals surface area (Å²) in [6.07, 6.45) is 2.72. The van der Waals surface area contributed by atoms with Crippen LogP contribution in [0.1, 0.15) is 51.6 Å². The Labute approximate surface area is 135 Å². The molecule has 0 aromatic heterocycles. The number of unbranched alkanes of at least 4 members (excludes halogenated alkanes) is 2. The lowest BCUT2D eigenvalue weighted by atomic mass is 10.1. The maximum Gasteiger partial charge on any atom is 0.260 e. The van der Waals surface area contributed by atoms with Gasteiger partial charge in [0, 0.05) is 22.6 Å². The molecule has 5 heteroatoms. The van der Waals surface area contributed by atoms with Crippen molar-refractivity contribution < 1.29 is 9.53 Å². The van der Waals surface area contributed by atoms with E-state index < -0.39 is 6.10 Å². The van der Waals surface area contributed by atoms with E-state index in [0.29, 0.717) is 12.3 Å². The molecule has 21 heavy (non-hydrogen) atoms. The topological polar surface area (TPSA) is 64.3 Å². The number of nitrogens with two attached hydrogens (primary N) is 1. The Morgan fingerprint density at radius 1 is 1.38 bits per heavy atom. The summed E-state index contributed by atoms with van der Waals surface area (Å²) in [5.74, 6) is 0.564. The van der Waals surface area contributed by atoms with Crippen LogP contribution >= 0.6 is 15.9 Å². The molecule has 0 saturated carbocycles. The zero-order valence-electron chi connectivity index (χ0n) is 13.0. The largest absolute Gasteiger partial charge is 0.481 e. The fourth-order valence-electron chi connectivity index (χ4n) is 1.96. The van der Waals surface area contributed by atoms with Gasteiger partial charge >= 0.3 is 0 Å². The molecule has 1 aromatic rings. The lowest BCUT2D eigenvalue weighted by Gasteiger charge is -2.19. The van der Waals surface area contributed by atoms with Crippen LogP contribution in [0.5, 0.6) is 5.75 Å². The van der Waals surface area contributed by atoms with Crippen LogP contribution in [-0.2, 0) is 4.79 Å². The number of rotatable bonds is 8. The van der Waals surface area contributed by atoms with Gasteiger partial charge in [-0.2, -0.15) is 0 Å². The minimum Gasteiger partial charge on any atom is -0.481 e. The fourth-order valence-corrected chi connectivity index (χ4v) is 2.34. The predicted molar refractivity (Wildman–Crippen MR) is 89.4 cm³/mol. The fraction of sp³-hybridized carbons (Fsp3) is 0.562. The number of amides is 1. The molecule has 0 aliphatic carbocycles. The number of benzene rings is 1. The van der Waals surface area contributed by atoms with Gasteiger partial charge in [-0.3, -0.25) is 4.79 Å². The van der Waals surface area contributed by atoms with Gasteiger partial charge in [0.2, 0.25) is 0 Å². The molecule has 0 fully saturated rings. The average molecular weight is 357 g/mol. The predicted octanol–water partition coefficient (Wildman–Crippen LogP) is 3.54. The molecular formula is C16H25BrN2O2. The van der Waals surface area contributed by atoms with Crippen LogP contribution in [-0.4, -0.2) is 18.6 Å². The summed E-state index contributed by atoms with van der Waals surface area (Å²) in [5.41, 5.74) is 6.83. The first-order valence-electron chi connectivity index (χ1n) is 7.45. The summed E-state index contributed by atoms with van der Waals surface area (Å²) >= 11 is 3.42. The molecule has 0 bridgehead atoms. The summed E-state index contributed by atoms with van der Waals surface area (Å²) in [6.45, 7) is 6.48. The second kappa shape index (κ2) is 9.05. The highest BCUT2D eigenvalue weighted by Gasteiger charge is 2.17. The van der Waals surface area contributed by atoms with Gasteiger partial charge in [-0.25, -0.2) is 0 Å². The summed E-state index contributed by atoms with van der Waals surface area (Å²) in [5, 5.41) is 2.89. The van der Waals surface area contributed by atoms with E-state index in [4.69, 9.17) is 10.5 Å². The standard InChI is InChI=1S/C16H25BrN2O2/c1-4-5-6-9-19-16(20)12(3)21-15-8-7-13(17)10-14(15)11(2)18/h7-8,10-12H,4-6,9,18H2,1-3H3,(H,19,20). The molecule has 0 saturated heterocycles. The zero-order valence-corrected chi connectivity index (χ0v) is 14.6. The monoisotopic (exact) mass is 356 g/mol. The molecule has 1 rings (SSSR count). The second-order valence-electron chi connectivity index (χ2n) is 5.23. The molecule has 0 radical (unpaired) electrons. The van der Waals surface area contributed by atoms with Gasteiger partial charge in [0.05, 0.1) is 0 Å². The van der Waals surface area contributed by atoms with Crippen LogP contribution in [0.4, 0.5) is 0 Å². The maximum absolute atomic E-state index is 12.0. The minimum absolute atomic E-state index is 0.0929. The molecule has 2 unspecified atom stereocenters. The summed E-state index contributed by atoms with van der Waals surface area (Å²) in [7, 11) is 0. The number of hydrogen-bond donors (Lipinski definition) is 2. The molecule has 4 nitrogen and oxygen atoms in total. The first-order valence-corrected chi connectivity index (χ1v) is 8.24. The van der Waals surface area contributed by atoms with Gasteiger partial charge in [0.25, 0.3) is 5.91 Å².